The van der Waals surface area contributed by atoms with Crippen LogP contribution in [-0.2, 0) is 4.74 Å². The van der Waals surface area contributed by atoms with Gasteiger partial charge in [0.05, 0.1) is 12.7 Å². The molecule has 6 heteroatoms. The molecule has 0 fully saturated rings. The van der Waals surface area contributed by atoms with Gasteiger partial charge >= 0.3 is 5.97 Å². The number of nitrogens with zero attached hydrogens (tertiary/aromatic N) is 3. The monoisotopic (exact) mass is 345 g/mol. The van der Waals surface area contributed by atoms with Gasteiger partial charge in [0.1, 0.15) is 0 Å². The van der Waals surface area contributed by atoms with Crippen molar-refractivity contribution in [3.63, 3.8) is 0 Å². The van der Waals surface area contributed by atoms with Crippen molar-refractivity contribution in [2.24, 2.45) is 0 Å². The average molecular weight is 346 g/mol. The number of hydrogen-bond acceptors (Lipinski definition) is 4. The first-order valence-electron chi connectivity index (χ1n) is 6.30. The van der Waals surface area contributed by atoms with Crippen molar-refractivity contribution < 1.29 is 9.53 Å². The second-order valence-electron chi connectivity index (χ2n) is 4.64. The Morgan fingerprint density at radius 1 is 1.24 bits per heavy atom. The van der Waals surface area contributed by atoms with Crippen LogP contribution < -0.4 is 0 Å². The minimum Gasteiger partial charge on any atom is -0.465 e. The Kier molecular flexibility index (Phi) is 3.47. The Labute approximate surface area is 129 Å². The van der Waals surface area contributed by atoms with Gasteiger partial charge in [0.2, 0.25) is 0 Å². The maximum Gasteiger partial charge on any atom is 0.339 e. The average Bonchev–Trinajstić information content (AvgIpc) is 2.91. The summed E-state index contributed by atoms with van der Waals surface area (Å²) in [5.74, 6) is 0.284. The highest BCUT2D eigenvalue weighted by Crippen LogP contribution is 2.28. The largest absolute Gasteiger partial charge is 0.465 e. The maximum absolute atomic E-state index is 11.7. The third-order valence-electron chi connectivity index (χ3n) is 3.19. The minimum absolute atomic E-state index is 0.389. The molecule has 0 radical (unpaired) electrons. The molecule has 106 valence electrons. The molecule has 0 atom stereocenters. The fraction of sp³-hybridized carbons (Fsp3) is 0.133. The standard InChI is InChI=1S/C15H12BrN3O2/c1-9-3-5-12(16)11(7-9)14-18-17-13-6-4-10(8-19(13)14)15(20)21-2/h3-8H,1-2H3. The van der Waals surface area contributed by atoms with Gasteiger partial charge in [-0.05, 0) is 31.2 Å². The van der Waals surface area contributed by atoms with E-state index in [0.29, 0.717) is 17.0 Å². The topological polar surface area (TPSA) is 56.5 Å². The predicted molar refractivity (Wildman–Crippen MR) is 82.2 cm³/mol. The number of aromatic nitrogens is 3. The van der Waals surface area contributed by atoms with E-state index >= 15 is 0 Å². The van der Waals surface area contributed by atoms with E-state index in [4.69, 9.17) is 4.74 Å². The van der Waals surface area contributed by atoms with Gasteiger partial charge in [0.15, 0.2) is 11.5 Å². The highest BCUT2D eigenvalue weighted by Gasteiger charge is 2.14. The second kappa shape index (κ2) is 5.29. The number of aryl methyl sites for hydroxylation is 1. The summed E-state index contributed by atoms with van der Waals surface area (Å²) in [6.07, 6.45) is 1.69. The molecule has 2 aromatic heterocycles. The van der Waals surface area contributed by atoms with E-state index in [2.05, 4.69) is 26.1 Å². The van der Waals surface area contributed by atoms with Crippen molar-refractivity contribution in [3.05, 3.63) is 52.1 Å². The predicted octanol–water partition coefficient (Wildman–Crippen LogP) is 3.25. The summed E-state index contributed by atoms with van der Waals surface area (Å²) in [7, 11) is 1.36. The molecule has 0 aliphatic heterocycles. The summed E-state index contributed by atoms with van der Waals surface area (Å²) in [5, 5.41) is 8.36. The van der Waals surface area contributed by atoms with Gasteiger partial charge in [-0.15, -0.1) is 10.2 Å². The van der Waals surface area contributed by atoms with Crippen molar-refractivity contribution in [1.82, 2.24) is 14.6 Å². The fourth-order valence-corrected chi connectivity index (χ4v) is 2.55. The van der Waals surface area contributed by atoms with E-state index in [0.717, 1.165) is 15.6 Å². The van der Waals surface area contributed by atoms with Gasteiger partial charge < -0.3 is 4.74 Å². The molecular formula is C15H12BrN3O2. The molecule has 0 unspecified atom stereocenters. The number of ether oxygens (including phenoxy) is 1. The zero-order chi connectivity index (χ0) is 15.0. The first-order valence-corrected chi connectivity index (χ1v) is 7.09. The number of rotatable bonds is 2. The number of hydrogen-bond donors (Lipinski definition) is 0. The number of carbonyl (C=O) groups excluding carboxylic acids is 1. The molecule has 0 saturated carbocycles. The van der Waals surface area contributed by atoms with Gasteiger partial charge in [-0.25, -0.2) is 4.79 Å². The van der Waals surface area contributed by atoms with Gasteiger partial charge in [0, 0.05) is 16.2 Å². The minimum atomic E-state index is -0.389. The van der Waals surface area contributed by atoms with Crippen LogP contribution in [0.4, 0.5) is 0 Å². The number of carbonyl (C=O) groups is 1. The molecule has 0 saturated heterocycles. The summed E-state index contributed by atoms with van der Waals surface area (Å²) >= 11 is 3.53. The summed E-state index contributed by atoms with van der Waals surface area (Å²) in [4.78, 5) is 11.7. The SMILES string of the molecule is COC(=O)c1ccc2nnc(-c3cc(C)ccc3Br)n2c1. The Morgan fingerprint density at radius 2 is 2.05 bits per heavy atom. The summed E-state index contributed by atoms with van der Waals surface area (Å²) in [6, 6.07) is 9.41. The molecule has 3 rings (SSSR count). The Morgan fingerprint density at radius 3 is 2.81 bits per heavy atom. The molecule has 5 nitrogen and oxygen atoms in total. The lowest BCUT2D eigenvalue weighted by Gasteiger charge is -2.05. The molecule has 3 aromatic rings. The molecule has 2 heterocycles. The van der Waals surface area contributed by atoms with Crippen LogP contribution in [0.2, 0.25) is 0 Å². The first-order chi connectivity index (χ1) is 10.1. The van der Waals surface area contributed by atoms with Crippen molar-refractivity contribution in [2.75, 3.05) is 7.11 Å². The third-order valence-corrected chi connectivity index (χ3v) is 3.88. The summed E-state index contributed by atoms with van der Waals surface area (Å²) in [6.45, 7) is 2.01. The summed E-state index contributed by atoms with van der Waals surface area (Å²) < 4.78 is 7.45. The van der Waals surface area contributed by atoms with Gasteiger partial charge in [0.25, 0.3) is 0 Å². The van der Waals surface area contributed by atoms with Crippen LogP contribution in [0.25, 0.3) is 17.0 Å². The number of halogens is 1. The van der Waals surface area contributed by atoms with Crippen molar-refractivity contribution in [2.45, 2.75) is 6.92 Å². The van der Waals surface area contributed by atoms with Crippen molar-refractivity contribution >= 4 is 27.5 Å². The lowest BCUT2D eigenvalue weighted by atomic mass is 10.1. The van der Waals surface area contributed by atoms with Crippen LogP contribution in [0.15, 0.2) is 41.0 Å². The number of methoxy groups -OCH3 is 1. The maximum atomic E-state index is 11.7. The zero-order valence-electron chi connectivity index (χ0n) is 11.5. The van der Waals surface area contributed by atoms with E-state index < -0.39 is 0 Å². The molecule has 0 N–H and O–H groups in total. The smallest absolute Gasteiger partial charge is 0.339 e. The Bertz CT molecular complexity index is 842. The van der Waals surface area contributed by atoms with Crippen LogP contribution >= 0.6 is 15.9 Å². The highest BCUT2D eigenvalue weighted by atomic mass is 79.9. The highest BCUT2D eigenvalue weighted by molar-refractivity contribution is 9.10. The molecule has 0 spiro atoms. The van der Waals surface area contributed by atoms with Crippen LogP contribution in [0.5, 0.6) is 0 Å². The van der Waals surface area contributed by atoms with E-state index in [1.165, 1.54) is 7.11 Å². The number of fused-ring (bicyclic) bond motifs is 1. The van der Waals surface area contributed by atoms with Gasteiger partial charge in [-0.3, -0.25) is 4.40 Å². The molecule has 0 aliphatic carbocycles. The molecule has 21 heavy (non-hydrogen) atoms. The lowest BCUT2D eigenvalue weighted by molar-refractivity contribution is 0.0600. The van der Waals surface area contributed by atoms with Gasteiger partial charge in [-0.2, -0.15) is 0 Å². The zero-order valence-corrected chi connectivity index (χ0v) is 13.1. The van der Waals surface area contributed by atoms with E-state index in [1.807, 2.05) is 25.1 Å². The molecular weight excluding hydrogens is 334 g/mol. The van der Waals surface area contributed by atoms with Gasteiger partial charge in [-0.1, -0.05) is 27.6 Å². The molecule has 0 amide bonds. The van der Waals surface area contributed by atoms with Crippen LogP contribution in [0.3, 0.4) is 0 Å². The van der Waals surface area contributed by atoms with Crippen molar-refractivity contribution in [3.8, 4) is 11.4 Å². The van der Waals surface area contributed by atoms with E-state index in [-0.39, 0.29) is 5.97 Å². The fourth-order valence-electron chi connectivity index (χ4n) is 2.12. The Hall–Kier alpha value is -2.21. The van der Waals surface area contributed by atoms with E-state index in [9.17, 15) is 4.79 Å². The number of pyridine rings is 1. The van der Waals surface area contributed by atoms with Crippen molar-refractivity contribution in [1.29, 1.82) is 0 Å². The molecule has 0 aliphatic rings. The Balaban J connectivity index is 2.23. The third kappa shape index (κ3) is 2.42. The molecule has 0 bridgehead atoms. The lowest BCUT2D eigenvalue weighted by Crippen LogP contribution is -2.03. The van der Waals surface area contributed by atoms with Crippen LogP contribution in [0, 0.1) is 6.92 Å². The number of esters is 1. The normalized spacial score (nSPS) is 10.8. The summed E-state index contributed by atoms with van der Waals surface area (Å²) in [5.41, 5.74) is 3.17. The quantitative estimate of drug-likeness (QED) is 0.669. The first kappa shape index (κ1) is 13.8. The van der Waals surface area contributed by atoms with Crippen LogP contribution in [0.1, 0.15) is 15.9 Å². The van der Waals surface area contributed by atoms with Crippen LogP contribution in [-0.4, -0.2) is 27.7 Å². The van der Waals surface area contributed by atoms with E-state index in [1.54, 1.807) is 22.7 Å². The molecule has 1 aromatic carbocycles. The second-order valence-corrected chi connectivity index (χ2v) is 5.50. The number of benzene rings is 1.